The van der Waals surface area contributed by atoms with E-state index in [1.54, 1.807) is 6.07 Å². The van der Waals surface area contributed by atoms with E-state index < -0.39 is 5.97 Å². The van der Waals surface area contributed by atoms with Crippen molar-refractivity contribution < 1.29 is 19.1 Å². The number of ether oxygens (including phenoxy) is 1. The number of rotatable bonds is 6. The Labute approximate surface area is 118 Å². The summed E-state index contributed by atoms with van der Waals surface area (Å²) in [7, 11) is 0. The fraction of sp³-hybridized carbons (Fsp3) is 0.312. The molecule has 0 spiro atoms. The van der Waals surface area contributed by atoms with E-state index >= 15 is 0 Å². The lowest BCUT2D eigenvalue weighted by Gasteiger charge is -2.10. The first-order chi connectivity index (χ1) is 9.60. The second-order valence-corrected chi connectivity index (χ2v) is 4.74. The molecule has 0 amide bonds. The number of carboxylic acid groups (broad SMARTS) is 1. The molecular formula is C16H18O4. The molecule has 4 heteroatoms. The van der Waals surface area contributed by atoms with Gasteiger partial charge in [0.2, 0.25) is 5.76 Å². The van der Waals surface area contributed by atoms with Crippen LogP contribution in [0, 0.1) is 0 Å². The zero-order valence-electron chi connectivity index (χ0n) is 11.6. The number of hydrogen-bond acceptors (Lipinski definition) is 3. The molecule has 0 aliphatic rings. The van der Waals surface area contributed by atoms with Gasteiger partial charge in [0.15, 0.2) is 0 Å². The summed E-state index contributed by atoms with van der Waals surface area (Å²) < 4.78 is 10.7. The molecule has 0 aliphatic heterocycles. The third-order valence-corrected chi connectivity index (χ3v) is 3.32. The number of benzene rings is 1. The molecule has 2 aromatic rings. The third kappa shape index (κ3) is 3.41. The molecule has 0 saturated heterocycles. The lowest BCUT2D eigenvalue weighted by atomic mass is 9.99. The van der Waals surface area contributed by atoms with Gasteiger partial charge >= 0.3 is 5.97 Å². The molecule has 1 aromatic carbocycles. The van der Waals surface area contributed by atoms with E-state index in [4.69, 9.17) is 14.3 Å². The Bertz CT molecular complexity index is 568. The first kappa shape index (κ1) is 14.2. The molecule has 0 aliphatic carbocycles. The Morgan fingerprint density at radius 3 is 2.50 bits per heavy atom. The van der Waals surface area contributed by atoms with Crippen molar-refractivity contribution in [3.05, 3.63) is 53.5 Å². The molecule has 1 atom stereocenters. The minimum absolute atomic E-state index is 0.0734. The SMILES string of the molecule is CC[C@H](C)c1ccc(OCc2ccc(C(=O)O)o2)cc1. The standard InChI is InChI=1S/C16H18O4/c1-3-11(2)12-4-6-13(7-5-12)19-10-14-8-9-15(20-14)16(17)18/h4-9,11H,3,10H2,1-2H3,(H,17,18)/t11-/m0/s1. The summed E-state index contributed by atoms with van der Waals surface area (Å²) >= 11 is 0. The lowest BCUT2D eigenvalue weighted by Crippen LogP contribution is -1.96. The first-order valence-electron chi connectivity index (χ1n) is 6.65. The molecule has 106 valence electrons. The highest BCUT2D eigenvalue weighted by atomic mass is 16.5. The molecule has 20 heavy (non-hydrogen) atoms. The largest absolute Gasteiger partial charge is 0.486 e. The highest BCUT2D eigenvalue weighted by Gasteiger charge is 2.09. The minimum atomic E-state index is -1.07. The van der Waals surface area contributed by atoms with Crippen LogP contribution in [-0.2, 0) is 6.61 Å². The van der Waals surface area contributed by atoms with Crippen LogP contribution in [0.3, 0.4) is 0 Å². The summed E-state index contributed by atoms with van der Waals surface area (Å²) in [5, 5.41) is 8.75. The molecule has 1 N–H and O–H groups in total. The van der Waals surface area contributed by atoms with Gasteiger partial charge in [-0.1, -0.05) is 26.0 Å². The van der Waals surface area contributed by atoms with Crippen molar-refractivity contribution in [2.24, 2.45) is 0 Å². The van der Waals surface area contributed by atoms with Crippen LogP contribution in [0.15, 0.2) is 40.8 Å². The average Bonchev–Trinajstić information content (AvgIpc) is 2.94. The van der Waals surface area contributed by atoms with Gasteiger partial charge < -0.3 is 14.3 Å². The number of furan rings is 1. The molecule has 0 unspecified atom stereocenters. The van der Waals surface area contributed by atoms with Gasteiger partial charge in [-0.2, -0.15) is 0 Å². The van der Waals surface area contributed by atoms with Crippen molar-refractivity contribution in [3.63, 3.8) is 0 Å². The van der Waals surface area contributed by atoms with Gasteiger partial charge in [-0.05, 0) is 42.2 Å². The van der Waals surface area contributed by atoms with Gasteiger partial charge in [0, 0.05) is 0 Å². The Balaban J connectivity index is 1.94. The lowest BCUT2D eigenvalue weighted by molar-refractivity contribution is 0.0658. The zero-order valence-corrected chi connectivity index (χ0v) is 11.6. The number of hydrogen-bond donors (Lipinski definition) is 1. The zero-order chi connectivity index (χ0) is 14.5. The summed E-state index contributed by atoms with van der Waals surface area (Å²) in [6.45, 7) is 4.56. The van der Waals surface area contributed by atoms with Crippen molar-refractivity contribution in [3.8, 4) is 5.75 Å². The van der Waals surface area contributed by atoms with Crippen molar-refractivity contribution in [1.29, 1.82) is 0 Å². The number of carboxylic acids is 1. The van der Waals surface area contributed by atoms with Crippen LogP contribution in [0.4, 0.5) is 0 Å². The Hall–Kier alpha value is -2.23. The Morgan fingerprint density at radius 2 is 1.95 bits per heavy atom. The Kier molecular flexibility index (Phi) is 4.45. The maximum Gasteiger partial charge on any atom is 0.371 e. The monoisotopic (exact) mass is 274 g/mol. The van der Waals surface area contributed by atoms with Crippen molar-refractivity contribution >= 4 is 5.97 Å². The summed E-state index contributed by atoms with van der Waals surface area (Å²) in [4.78, 5) is 10.7. The second kappa shape index (κ2) is 6.28. The molecule has 2 rings (SSSR count). The molecule has 0 radical (unpaired) electrons. The number of aromatic carboxylic acids is 1. The molecule has 0 fully saturated rings. The number of carbonyl (C=O) groups is 1. The van der Waals surface area contributed by atoms with Crippen LogP contribution in [0.25, 0.3) is 0 Å². The van der Waals surface area contributed by atoms with Crippen LogP contribution in [0.1, 0.15) is 48.1 Å². The summed E-state index contributed by atoms with van der Waals surface area (Å²) in [5.41, 5.74) is 1.28. The van der Waals surface area contributed by atoms with Gasteiger partial charge in [0.25, 0.3) is 0 Å². The molecular weight excluding hydrogens is 256 g/mol. The summed E-state index contributed by atoms with van der Waals surface area (Å²) in [6, 6.07) is 11.0. The Morgan fingerprint density at radius 1 is 1.25 bits per heavy atom. The van der Waals surface area contributed by atoms with Gasteiger partial charge in [0.05, 0.1) is 0 Å². The highest BCUT2D eigenvalue weighted by molar-refractivity contribution is 5.84. The third-order valence-electron chi connectivity index (χ3n) is 3.32. The van der Waals surface area contributed by atoms with Crippen molar-refractivity contribution in [1.82, 2.24) is 0 Å². The van der Waals surface area contributed by atoms with Crippen LogP contribution >= 0.6 is 0 Å². The highest BCUT2D eigenvalue weighted by Crippen LogP contribution is 2.22. The predicted octanol–water partition coefficient (Wildman–Crippen LogP) is 4.07. The summed E-state index contributed by atoms with van der Waals surface area (Å²) in [6.07, 6.45) is 1.10. The summed E-state index contributed by atoms with van der Waals surface area (Å²) in [5.74, 6) is 0.621. The van der Waals surface area contributed by atoms with E-state index in [-0.39, 0.29) is 12.4 Å². The van der Waals surface area contributed by atoms with Crippen molar-refractivity contribution in [2.75, 3.05) is 0 Å². The predicted molar refractivity (Wildman–Crippen MR) is 75.1 cm³/mol. The van der Waals surface area contributed by atoms with Crippen molar-refractivity contribution in [2.45, 2.75) is 32.8 Å². The van der Waals surface area contributed by atoms with E-state index in [2.05, 4.69) is 13.8 Å². The molecule has 4 nitrogen and oxygen atoms in total. The van der Waals surface area contributed by atoms with E-state index in [1.165, 1.54) is 11.6 Å². The maximum atomic E-state index is 10.7. The minimum Gasteiger partial charge on any atom is -0.486 e. The molecule has 1 aromatic heterocycles. The maximum absolute atomic E-state index is 10.7. The quantitative estimate of drug-likeness (QED) is 0.862. The fourth-order valence-corrected chi connectivity index (χ4v) is 1.85. The van der Waals surface area contributed by atoms with E-state index in [1.807, 2.05) is 24.3 Å². The first-order valence-corrected chi connectivity index (χ1v) is 6.65. The second-order valence-electron chi connectivity index (χ2n) is 4.74. The van der Waals surface area contributed by atoms with Gasteiger partial charge in [-0.15, -0.1) is 0 Å². The van der Waals surface area contributed by atoms with E-state index in [0.29, 0.717) is 11.7 Å². The van der Waals surface area contributed by atoms with Gasteiger partial charge in [0.1, 0.15) is 18.1 Å². The van der Waals surface area contributed by atoms with Crippen LogP contribution in [0.5, 0.6) is 5.75 Å². The fourth-order valence-electron chi connectivity index (χ4n) is 1.85. The normalized spacial score (nSPS) is 12.1. The van der Waals surface area contributed by atoms with E-state index in [0.717, 1.165) is 12.2 Å². The molecule has 0 saturated carbocycles. The smallest absolute Gasteiger partial charge is 0.371 e. The van der Waals surface area contributed by atoms with E-state index in [9.17, 15) is 4.79 Å². The van der Waals surface area contributed by atoms with Gasteiger partial charge in [-0.3, -0.25) is 0 Å². The van der Waals surface area contributed by atoms with Crippen LogP contribution in [0.2, 0.25) is 0 Å². The topological polar surface area (TPSA) is 59.7 Å². The molecule has 1 heterocycles. The van der Waals surface area contributed by atoms with Gasteiger partial charge in [-0.25, -0.2) is 4.79 Å². The van der Waals surface area contributed by atoms with Crippen LogP contribution in [-0.4, -0.2) is 11.1 Å². The average molecular weight is 274 g/mol. The molecule has 0 bridgehead atoms. The van der Waals surface area contributed by atoms with Crippen LogP contribution < -0.4 is 4.74 Å².